The van der Waals surface area contributed by atoms with E-state index in [1.165, 1.54) is 28.6 Å². The molecule has 1 aromatic rings. The van der Waals surface area contributed by atoms with E-state index >= 15 is 0 Å². The first-order valence-electron chi connectivity index (χ1n) is 7.92. The van der Waals surface area contributed by atoms with Crippen LogP contribution in [0.2, 0.25) is 0 Å². The zero-order valence-corrected chi connectivity index (χ0v) is 14.5. The van der Waals surface area contributed by atoms with Crippen LogP contribution in [-0.4, -0.2) is 61.4 Å². The maximum atomic E-state index is 12.9. The lowest BCUT2D eigenvalue weighted by Crippen LogP contribution is -2.37. The van der Waals surface area contributed by atoms with Crippen LogP contribution in [0.25, 0.3) is 0 Å². The van der Waals surface area contributed by atoms with Gasteiger partial charge in [-0.05, 0) is 44.0 Å². The average Bonchev–Trinajstić information content (AvgIpc) is 2.75. The predicted octanol–water partition coefficient (Wildman–Crippen LogP) is 1.53. The van der Waals surface area contributed by atoms with E-state index in [2.05, 4.69) is 0 Å². The average molecular weight is 358 g/mol. The van der Waals surface area contributed by atoms with Gasteiger partial charge >= 0.3 is 5.97 Å². The number of rotatable bonds is 6. The third-order valence-electron chi connectivity index (χ3n) is 4.32. The summed E-state index contributed by atoms with van der Waals surface area (Å²) in [7, 11) is -1.72. The van der Waals surface area contributed by atoms with E-state index in [-0.39, 0.29) is 18.3 Å². The Morgan fingerprint density at radius 2 is 1.96 bits per heavy atom. The summed E-state index contributed by atoms with van der Waals surface area (Å²) < 4.78 is 39.5. The van der Waals surface area contributed by atoms with E-state index in [4.69, 9.17) is 5.11 Å². The number of halogens is 1. The molecule has 0 saturated carbocycles. The Morgan fingerprint density at radius 3 is 2.58 bits per heavy atom. The molecule has 1 saturated heterocycles. The number of benzene rings is 1. The van der Waals surface area contributed by atoms with Crippen molar-refractivity contribution in [2.24, 2.45) is 0 Å². The maximum absolute atomic E-state index is 12.9. The number of nitrogens with zero attached hydrogens (tertiary/aromatic N) is 2. The normalized spacial score (nSPS) is 20.0. The molecule has 0 amide bonds. The first-order valence-corrected chi connectivity index (χ1v) is 9.53. The van der Waals surface area contributed by atoms with Gasteiger partial charge in [0.25, 0.3) is 0 Å². The molecule has 1 N–H and O–H groups in total. The molecular formula is C16H23FN2O4S. The zero-order valence-electron chi connectivity index (χ0n) is 13.7. The van der Waals surface area contributed by atoms with Crippen molar-refractivity contribution in [1.82, 2.24) is 9.21 Å². The third-order valence-corrected chi connectivity index (χ3v) is 6.17. The van der Waals surface area contributed by atoms with Crippen molar-refractivity contribution in [3.63, 3.8) is 0 Å². The predicted molar refractivity (Wildman–Crippen MR) is 88.5 cm³/mol. The fourth-order valence-corrected chi connectivity index (χ4v) is 4.58. The molecule has 1 unspecified atom stereocenters. The van der Waals surface area contributed by atoms with Gasteiger partial charge in [0.05, 0.1) is 12.3 Å². The molecule has 1 atom stereocenters. The van der Waals surface area contributed by atoms with Gasteiger partial charge < -0.3 is 5.11 Å². The molecule has 1 heterocycles. The molecule has 0 aliphatic carbocycles. The van der Waals surface area contributed by atoms with Crippen LogP contribution in [0.15, 0.2) is 24.3 Å². The molecule has 8 heteroatoms. The Labute approximate surface area is 141 Å². The van der Waals surface area contributed by atoms with Crippen molar-refractivity contribution in [2.75, 3.05) is 26.7 Å². The number of aliphatic carboxylic acids is 1. The first kappa shape index (κ1) is 18.8. The van der Waals surface area contributed by atoms with Crippen molar-refractivity contribution in [1.29, 1.82) is 0 Å². The number of hydrogen-bond donors (Lipinski definition) is 1. The Hall–Kier alpha value is -1.51. The Kier molecular flexibility index (Phi) is 6.31. The van der Waals surface area contributed by atoms with Gasteiger partial charge in [0.2, 0.25) is 10.0 Å². The second-order valence-electron chi connectivity index (χ2n) is 6.18. The van der Waals surface area contributed by atoms with Crippen LogP contribution in [0, 0.1) is 5.82 Å². The highest BCUT2D eigenvalue weighted by Crippen LogP contribution is 2.20. The standard InChI is InChI=1S/C16H23FN2O4S/c1-18(11-16(20)21)15-3-2-9-19(10-8-15)24(22,23)12-13-4-6-14(17)7-5-13/h4-7,15H,2-3,8-12H2,1H3,(H,20,21). The topological polar surface area (TPSA) is 77.9 Å². The van der Waals surface area contributed by atoms with Gasteiger partial charge in [-0.3, -0.25) is 9.69 Å². The molecule has 1 aromatic carbocycles. The number of likely N-dealkylation sites (N-methyl/N-ethyl adjacent to an activating group) is 1. The fourth-order valence-electron chi connectivity index (χ4n) is 3.00. The van der Waals surface area contributed by atoms with Crippen molar-refractivity contribution in [3.8, 4) is 0 Å². The molecule has 0 spiro atoms. The van der Waals surface area contributed by atoms with Gasteiger partial charge in [0.15, 0.2) is 0 Å². The highest BCUT2D eigenvalue weighted by atomic mass is 32.2. The number of sulfonamides is 1. The largest absolute Gasteiger partial charge is 0.480 e. The number of carbonyl (C=O) groups is 1. The molecule has 1 aliphatic rings. The molecular weight excluding hydrogens is 335 g/mol. The molecule has 6 nitrogen and oxygen atoms in total. The van der Waals surface area contributed by atoms with Gasteiger partial charge in [-0.15, -0.1) is 0 Å². The lowest BCUT2D eigenvalue weighted by Gasteiger charge is -2.25. The minimum Gasteiger partial charge on any atom is -0.480 e. The Balaban J connectivity index is 1.99. The van der Waals surface area contributed by atoms with Gasteiger partial charge in [-0.25, -0.2) is 17.1 Å². The first-order chi connectivity index (χ1) is 11.3. The van der Waals surface area contributed by atoms with E-state index < -0.39 is 21.8 Å². The molecule has 134 valence electrons. The summed E-state index contributed by atoms with van der Waals surface area (Å²) in [5.41, 5.74) is 0.556. The van der Waals surface area contributed by atoms with Gasteiger partial charge in [0, 0.05) is 19.1 Å². The Bertz CT molecular complexity index is 663. The molecule has 24 heavy (non-hydrogen) atoms. The smallest absolute Gasteiger partial charge is 0.317 e. The second kappa shape index (κ2) is 8.04. The van der Waals surface area contributed by atoms with Crippen LogP contribution >= 0.6 is 0 Å². The summed E-state index contributed by atoms with van der Waals surface area (Å²) >= 11 is 0. The van der Waals surface area contributed by atoms with Crippen LogP contribution in [0.3, 0.4) is 0 Å². The number of hydrogen-bond acceptors (Lipinski definition) is 4. The van der Waals surface area contributed by atoms with E-state index in [0.29, 0.717) is 31.5 Å². The molecule has 2 rings (SSSR count). The van der Waals surface area contributed by atoms with Crippen molar-refractivity contribution in [2.45, 2.75) is 31.1 Å². The molecule has 1 fully saturated rings. The summed E-state index contributed by atoms with van der Waals surface area (Å²) in [6.07, 6.45) is 2.07. The van der Waals surface area contributed by atoms with Gasteiger partial charge in [-0.2, -0.15) is 0 Å². The molecule has 0 radical (unpaired) electrons. The van der Waals surface area contributed by atoms with Crippen molar-refractivity contribution in [3.05, 3.63) is 35.6 Å². The summed E-state index contributed by atoms with van der Waals surface area (Å²) in [6, 6.07) is 5.53. The third kappa shape index (κ3) is 5.25. The summed E-state index contributed by atoms with van der Waals surface area (Å²) in [6.45, 7) is 0.756. The van der Waals surface area contributed by atoms with E-state index in [1.54, 1.807) is 11.9 Å². The highest BCUT2D eigenvalue weighted by Gasteiger charge is 2.28. The summed E-state index contributed by atoms with van der Waals surface area (Å²) in [5, 5.41) is 8.88. The lowest BCUT2D eigenvalue weighted by atomic mass is 10.1. The quantitative estimate of drug-likeness (QED) is 0.834. The van der Waals surface area contributed by atoms with E-state index in [9.17, 15) is 17.6 Å². The zero-order chi connectivity index (χ0) is 17.7. The maximum Gasteiger partial charge on any atom is 0.317 e. The van der Waals surface area contributed by atoms with E-state index in [1.807, 2.05) is 0 Å². The second-order valence-corrected chi connectivity index (χ2v) is 8.14. The highest BCUT2D eigenvalue weighted by molar-refractivity contribution is 7.88. The van der Waals surface area contributed by atoms with E-state index in [0.717, 1.165) is 6.42 Å². The van der Waals surface area contributed by atoms with Crippen LogP contribution in [0.4, 0.5) is 4.39 Å². The SMILES string of the molecule is CN(CC(=O)O)C1CCCN(S(=O)(=O)Cc2ccc(F)cc2)CC1. The number of carboxylic acid groups (broad SMARTS) is 1. The molecule has 0 aromatic heterocycles. The minimum absolute atomic E-state index is 0.0486. The number of carboxylic acids is 1. The fraction of sp³-hybridized carbons (Fsp3) is 0.562. The van der Waals surface area contributed by atoms with Crippen LogP contribution < -0.4 is 0 Å². The van der Waals surface area contributed by atoms with Crippen LogP contribution in [0.1, 0.15) is 24.8 Å². The molecule has 0 bridgehead atoms. The summed E-state index contributed by atoms with van der Waals surface area (Å²) in [4.78, 5) is 12.6. The lowest BCUT2D eigenvalue weighted by molar-refractivity contribution is -0.138. The van der Waals surface area contributed by atoms with Crippen molar-refractivity contribution >= 4 is 16.0 Å². The van der Waals surface area contributed by atoms with Crippen LogP contribution in [-0.2, 0) is 20.6 Å². The van der Waals surface area contributed by atoms with Crippen LogP contribution in [0.5, 0.6) is 0 Å². The van der Waals surface area contributed by atoms with Gasteiger partial charge in [0.1, 0.15) is 5.82 Å². The minimum atomic E-state index is -3.47. The van der Waals surface area contributed by atoms with Crippen molar-refractivity contribution < 1.29 is 22.7 Å². The molecule has 1 aliphatic heterocycles. The van der Waals surface area contributed by atoms with Gasteiger partial charge in [-0.1, -0.05) is 12.1 Å². The summed E-state index contributed by atoms with van der Waals surface area (Å²) in [5.74, 6) is -1.43. The Morgan fingerprint density at radius 1 is 1.29 bits per heavy atom. The monoisotopic (exact) mass is 358 g/mol.